The van der Waals surface area contributed by atoms with Gasteiger partial charge in [0, 0.05) is 5.02 Å². The quantitative estimate of drug-likeness (QED) is 0.929. The van der Waals surface area contributed by atoms with E-state index in [4.69, 9.17) is 11.6 Å². The molecule has 3 unspecified atom stereocenters. The first-order valence-corrected chi connectivity index (χ1v) is 7.72. The number of nitrogens with zero attached hydrogens (tertiary/aromatic N) is 1. The highest BCUT2D eigenvalue weighted by Crippen LogP contribution is 2.30. The van der Waals surface area contributed by atoms with E-state index in [-0.39, 0.29) is 17.9 Å². The highest BCUT2D eigenvalue weighted by atomic mass is 35.5. The van der Waals surface area contributed by atoms with Gasteiger partial charge in [-0.05, 0) is 31.9 Å². The summed E-state index contributed by atoms with van der Waals surface area (Å²) < 4.78 is 0. The molecule has 0 aromatic heterocycles. The maximum Gasteiger partial charge on any atom is 0.246 e. The lowest BCUT2D eigenvalue weighted by Gasteiger charge is -2.41. The van der Waals surface area contributed by atoms with E-state index in [0.717, 1.165) is 12.0 Å². The first-order chi connectivity index (χ1) is 9.97. The van der Waals surface area contributed by atoms with Crippen molar-refractivity contribution in [2.45, 2.75) is 51.7 Å². The van der Waals surface area contributed by atoms with Crippen molar-refractivity contribution in [3.05, 3.63) is 34.9 Å². The zero-order valence-corrected chi connectivity index (χ0v) is 13.4. The van der Waals surface area contributed by atoms with Crippen molar-refractivity contribution in [3.63, 3.8) is 0 Å². The molecule has 0 radical (unpaired) electrons. The second kappa shape index (κ2) is 6.48. The van der Waals surface area contributed by atoms with Crippen LogP contribution in [0.2, 0.25) is 5.02 Å². The molecule has 1 heterocycles. The van der Waals surface area contributed by atoms with Gasteiger partial charge in [-0.2, -0.15) is 0 Å². The third kappa shape index (κ3) is 3.05. The van der Waals surface area contributed by atoms with Crippen molar-refractivity contribution in [2.24, 2.45) is 0 Å². The van der Waals surface area contributed by atoms with Crippen LogP contribution in [0, 0.1) is 0 Å². The normalized spacial score (nSPS) is 23.9. The molecule has 0 aliphatic carbocycles. The number of piperazine rings is 1. The molecule has 3 atom stereocenters. The Morgan fingerprint density at radius 2 is 2.00 bits per heavy atom. The molecular formula is C16H21ClN2O2. The van der Waals surface area contributed by atoms with Gasteiger partial charge in [-0.3, -0.25) is 9.59 Å². The molecule has 2 amide bonds. The molecule has 1 saturated heterocycles. The average molecular weight is 309 g/mol. The molecule has 1 aromatic carbocycles. The van der Waals surface area contributed by atoms with Gasteiger partial charge in [0.2, 0.25) is 11.8 Å². The van der Waals surface area contributed by atoms with E-state index in [1.165, 1.54) is 0 Å². The first-order valence-electron chi connectivity index (χ1n) is 7.34. The standard InChI is InChI=1S/C16H21ClN2O2/c1-4-7-14-16(21)19(11(3)15(20)18-14)10(2)12-8-5-6-9-13(12)17/h5-6,8-11,14H,4,7H2,1-3H3,(H,18,20). The van der Waals surface area contributed by atoms with Crippen LogP contribution in [0.4, 0.5) is 0 Å². The Bertz CT molecular complexity index is 547. The van der Waals surface area contributed by atoms with Crippen molar-refractivity contribution in [2.75, 3.05) is 0 Å². The van der Waals surface area contributed by atoms with E-state index in [0.29, 0.717) is 11.4 Å². The molecular weight excluding hydrogens is 288 g/mol. The van der Waals surface area contributed by atoms with Crippen molar-refractivity contribution in [1.29, 1.82) is 0 Å². The Morgan fingerprint density at radius 3 is 2.62 bits per heavy atom. The number of carbonyl (C=O) groups is 2. The number of hydrogen-bond acceptors (Lipinski definition) is 2. The highest BCUT2D eigenvalue weighted by Gasteiger charge is 2.40. The number of rotatable bonds is 4. The van der Waals surface area contributed by atoms with Crippen LogP contribution in [0.1, 0.15) is 45.2 Å². The van der Waals surface area contributed by atoms with Gasteiger partial charge in [-0.15, -0.1) is 0 Å². The van der Waals surface area contributed by atoms with E-state index in [2.05, 4.69) is 5.32 Å². The van der Waals surface area contributed by atoms with Gasteiger partial charge < -0.3 is 10.2 Å². The molecule has 0 bridgehead atoms. The van der Waals surface area contributed by atoms with Gasteiger partial charge in [0.05, 0.1) is 6.04 Å². The Hall–Kier alpha value is -1.55. The van der Waals surface area contributed by atoms with Crippen molar-refractivity contribution >= 4 is 23.4 Å². The number of halogens is 1. The second-order valence-corrected chi connectivity index (χ2v) is 5.88. The zero-order chi connectivity index (χ0) is 15.6. The van der Waals surface area contributed by atoms with Gasteiger partial charge in [0.25, 0.3) is 0 Å². The SMILES string of the molecule is CCCC1NC(=O)C(C)N(C(C)c2ccccc2Cl)C1=O. The molecule has 0 saturated carbocycles. The topological polar surface area (TPSA) is 49.4 Å². The van der Waals surface area contributed by atoms with Gasteiger partial charge in [-0.25, -0.2) is 0 Å². The van der Waals surface area contributed by atoms with Crippen molar-refractivity contribution < 1.29 is 9.59 Å². The van der Waals surface area contributed by atoms with Crippen LogP contribution in [0.25, 0.3) is 0 Å². The molecule has 1 N–H and O–H groups in total. The van der Waals surface area contributed by atoms with Crippen molar-refractivity contribution in [3.8, 4) is 0 Å². The summed E-state index contributed by atoms with van der Waals surface area (Å²) in [5.41, 5.74) is 0.865. The third-order valence-corrected chi connectivity index (χ3v) is 4.36. The summed E-state index contributed by atoms with van der Waals surface area (Å²) in [5, 5.41) is 3.42. The average Bonchev–Trinajstić information content (AvgIpc) is 2.45. The lowest BCUT2D eigenvalue weighted by Crippen LogP contribution is -2.62. The predicted molar refractivity (Wildman–Crippen MR) is 83.0 cm³/mol. The molecule has 21 heavy (non-hydrogen) atoms. The fraction of sp³-hybridized carbons (Fsp3) is 0.500. The zero-order valence-electron chi connectivity index (χ0n) is 12.6. The van der Waals surface area contributed by atoms with Crippen molar-refractivity contribution in [1.82, 2.24) is 10.2 Å². The maximum atomic E-state index is 12.7. The highest BCUT2D eigenvalue weighted by molar-refractivity contribution is 6.31. The minimum absolute atomic E-state index is 0.0311. The van der Waals surface area contributed by atoms with E-state index < -0.39 is 12.1 Å². The van der Waals surface area contributed by atoms with Gasteiger partial charge >= 0.3 is 0 Å². The molecule has 4 nitrogen and oxygen atoms in total. The van der Waals surface area contributed by atoms with Crippen LogP contribution >= 0.6 is 11.6 Å². The van der Waals surface area contributed by atoms with Crippen LogP contribution in [0.3, 0.4) is 0 Å². The van der Waals surface area contributed by atoms with Crippen LogP contribution in [0.5, 0.6) is 0 Å². The Kier molecular flexibility index (Phi) is 4.88. The Labute approximate surface area is 130 Å². The van der Waals surface area contributed by atoms with Gasteiger partial charge in [0.15, 0.2) is 0 Å². The van der Waals surface area contributed by atoms with Crippen LogP contribution in [-0.4, -0.2) is 28.8 Å². The second-order valence-electron chi connectivity index (χ2n) is 5.47. The number of amides is 2. The van der Waals surface area contributed by atoms with E-state index >= 15 is 0 Å². The molecule has 5 heteroatoms. The summed E-state index contributed by atoms with van der Waals surface area (Å²) in [6.45, 7) is 5.67. The Morgan fingerprint density at radius 1 is 1.33 bits per heavy atom. The van der Waals surface area contributed by atoms with E-state index in [9.17, 15) is 9.59 Å². The molecule has 1 aliphatic rings. The van der Waals surface area contributed by atoms with Crippen LogP contribution in [0.15, 0.2) is 24.3 Å². The molecule has 0 spiro atoms. The molecule has 114 valence electrons. The molecule has 1 aliphatic heterocycles. The minimum Gasteiger partial charge on any atom is -0.343 e. The summed E-state index contributed by atoms with van der Waals surface area (Å²) >= 11 is 6.23. The number of hydrogen-bond donors (Lipinski definition) is 1. The smallest absolute Gasteiger partial charge is 0.246 e. The summed E-state index contributed by atoms with van der Waals surface area (Å²) in [6.07, 6.45) is 1.50. The third-order valence-electron chi connectivity index (χ3n) is 4.02. The summed E-state index contributed by atoms with van der Waals surface area (Å²) in [7, 11) is 0. The summed E-state index contributed by atoms with van der Waals surface area (Å²) in [6, 6.07) is 6.30. The number of carbonyl (C=O) groups excluding carboxylic acids is 2. The van der Waals surface area contributed by atoms with Gasteiger partial charge in [0.1, 0.15) is 12.1 Å². The predicted octanol–water partition coefficient (Wildman–Crippen LogP) is 2.92. The molecule has 1 aromatic rings. The van der Waals surface area contributed by atoms with Crippen LogP contribution in [-0.2, 0) is 9.59 Å². The lowest BCUT2D eigenvalue weighted by atomic mass is 9.99. The number of nitrogens with one attached hydrogen (secondary N) is 1. The largest absolute Gasteiger partial charge is 0.343 e. The van der Waals surface area contributed by atoms with E-state index in [1.807, 2.05) is 32.0 Å². The fourth-order valence-corrected chi connectivity index (χ4v) is 3.12. The Balaban J connectivity index is 2.32. The summed E-state index contributed by atoms with van der Waals surface area (Å²) in [5.74, 6) is -0.136. The monoisotopic (exact) mass is 308 g/mol. The molecule has 2 rings (SSSR count). The van der Waals surface area contributed by atoms with E-state index in [1.54, 1.807) is 17.9 Å². The number of benzene rings is 1. The molecule has 1 fully saturated rings. The van der Waals surface area contributed by atoms with Gasteiger partial charge in [-0.1, -0.05) is 43.1 Å². The maximum absolute atomic E-state index is 12.7. The fourth-order valence-electron chi connectivity index (χ4n) is 2.83. The minimum atomic E-state index is -0.489. The lowest BCUT2D eigenvalue weighted by molar-refractivity contribution is -0.151. The first kappa shape index (κ1) is 15.8. The van der Waals surface area contributed by atoms with Crippen LogP contribution < -0.4 is 5.32 Å². The summed E-state index contributed by atoms with van der Waals surface area (Å²) in [4.78, 5) is 26.4.